The predicted molar refractivity (Wildman–Crippen MR) is 84.7 cm³/mol. The Bertz CT molecular complexity index is 633. The van der Waals surface area contributed by atoms with Gasteiger partial charge in [0.2, 0.25) is 11.0 Å². The number of carbonyl (C=O) groups excluding carboxylic acids is 1. The maximum atomic E-state index is 11.8. The van der Waals surface area contributed by atoms with E-state index in [9.17, 15) is 4.79 Å². The van der Waals surface area contributed by atoms with Crippen molar-refractivity contribution in [2.45, 2.75) is 19.8 Å². The Morgan fingerprint density at radius 3 is 2.57 bits per heavy atom. The van der Waals surface area contributed by atoms with Gasteiger partial charge in [-0.1, -0.05) is 37.3 Å². The number of hydrogen-bond acceptors (Lipinski definition) is 5. The van der Waals surface area contributed by atoms with E-state index in [2.05, 4.69) is 15.5 Å². The van der Waals surface area contributed by atoms with Gasteiger partial charge in [-0.2, -0.15) is 0 Å². The first-order valence-electron chi connectivity index (χ1n) is 6.55. The number of anilines is 1. The van der Waals surface area contributed by atoms with Crippen molar-refractivity contribution in [3.8, 4) is 5.75 Å². The number of nitrogens with zero attached hydrogens (tertiary/aromatic N) is 2. The summed E-state index contributed by atoms with van der Waals surface area (Å²) in [6, 6.07) is 7.45. The number of amides is 1. The van der Waals surface area contributed by atoms with E-state index in [0.717, 1.165) is 16.3 Å². The number of methoxy groups -OCH3 is 1. The van der Waals surface area contributed by atoms with Crippen LogP contribution < -0.4 is 10.1 Å². The number of ether oxygens (including phenoxy) is 1. The lowest BCUT2D eigenvalue weighted by molar-refractivity contribution is -0.111. The van der Waals surface area contributed by atoms with Crippen molar-refractivity contribution < 1.29 is 9.53 Å². The maximum Gasteiger partial charge on any atom is 0.250 e. The van der Waals surface area contributed by atoms with E-state index in [1.165, 1.54) is 17.4 Å². The third kappa shape index (κ3) is 4.39. The van der Waals surface area contributed by atoms with Crippen LogP contribution in [0.2, 0.25) is 0 Å². The molecule has 0 aliphatic rings. The van der Waals surface area contributed by atoms with Gasteiger partial charge >= 0.3 is 0 Å². The number of benzene rings is 1. The van der Waals surface area contributed by atoms with Gasteiger partial charge in [0.05, 0.1) is 7.11 Å². The summed E-state index contributed by atoms with van der Waals surface area (Å²) in [5.41, 5.74) is 0.922. The first kappa shape index (κ1) is 15.2. The number of hydrogen-bond donors (Lipinski definition) is 1. The molecular weight excluding hydrogens is 286 g/mol. The lowest BCUT2D eigenvalue weighted by Crippen LogP contribution is -2.07. The predicted octanol–water partition coefficient (Wildman–Crippen LogP) is 3.32. The quantitative estimate of drug-likeness (QED) is 0.861. The summed E-state index contributed by atoms with van der Waals surface area (Å²) in [5, 5.41) is 12.1. The molecule has 0 saturated carbocycles. The van der Waals surface area contributed by atoms with Crippen molar-refractivity contribution in [1.29, 1.82) is 0 Å². The highest BCUT2D eigenvalue weighted by Crippen LogP contribution is 2.22. The molecule has 110 valence electrons. The number of nitrogens with one attached hydrogen (secondary N) is 1. The summed E-state index contributed by atoms with van der Waals surface area (Å²) in [6.07, 6.45) is 3.21. The van der Waals surface area contributed by atoms with E-state index in [1.807, 2.05) is 38.1 Å². The molecule has 0 unspecified atom stereocenters. The molecule has 0 saturated heterocycles. The zero-order chi connectivity index (χ0) is 15.2. The van der Waals surface area contributed by atoms with Crippen LogP contribution in [0.15, 0.2) is 30.3 Å². The number of carbonyl (C=O) groups is 1. The summed E-state index contributed by atoms with van der Waals surface area (Å²) < 4.78 is 5.08. The smallest absolute Gasteiger partial charge is 0.250 e. The maximum absolute atomic E-state index is 11.8. The Morgan fingerprint density at radius 1 is 1.29 bits per heavy atom. The summed E-state index contributed by atoms with van der Waals surface area (Å²) >= 11 is 1.39. The molecule has 0 aliphatic carbocycles. The van der Waals surface area contributed by atoms with Crippen molar-refractivity contribution in [3.63, 3.8) is 0 Å². The molecule has 0 fully saturated rings. The van der Waals surface area contributed by atoms with Crippen molar-refractivity contribution in [2.24, 2.45) is 0 Å². The molecule has 1 aromatic carbocycles. The van der Waals surface area contributed by atoms with Gasteiger partial charge in [-0.3, -0.25) is 10.1 Å². The second-order valence-electron chi connectivity index (χ2n) is 4.70. The van der Waals surface area contributed by atoms with E-state index in [0.29, 0.717) is 11.0 Å². The first-order chi connectivity index (χ1) is 10.1. The molecule has 0 spiro atoms. The fourth-order valence-electron chi connectivity index (χ4n) is 1.55. The summed E-state index contributed by atoms with van der Waals surface area (Å²) in [6.45, 7) is 4.07. The monoisotopic (exact) mass is 303 g/mol. The molecule has 2 aromatic rings. The van der Waals surface area contributed by atoms with Crippen molar-refractivity contribution in [3.05, 3.63) is 40.9 Å². The van der Waals surface area contributed by atoms with Gasteiger partial charge in [0.1, 0.15) is 10.8 Å². The molecular formula is C15H17N3O2S. The molecule has 1 N–H and O–H groups in total. The van der Waals surface area contributed by atoms with Gasteiger partial charge in [0.25, 0.3) is 0 Å². The number of rotatable bonds is 5. The van der Waals surface area contributed by atoms with E-state index in [-0.39, 0.29) is 5.91 Å². The van der Waals surface area contributed by atoms with Gasteiger partial charge < -0.3 is 4.74 Å². The van der Waals surface area contributed by atoms with Crippen LogP contribution in [0.4, 0.5) is 5.13 Å². The molecule has 6 heteroatoms. The van der Waals surface area contributed by atoms with Crippen molar-refractivity contribution >= 4 is 28.5 Å². The minimum absolute atomic E-state index is 0.225. The van der Waals surface area contributed by atoms with Crippen LogP contribution in [0.1, 0.15) is 30.3 Å². The van der Waals surface area contributed by atoms with Crippen LogP contribution in [0, 0.1) is 0 Å². The SMILES string of the molecule is COc1ccc(C=CC(=O)Nc2nnc(C(C)C)s2)cc1. The van der Waals surface area contributed by atoms with Gasteiger partial charge in [-0.05, 0) is 23.8 Å². The molecule has 0 aliphatic heterocycles. The summed E-state index contributed by atoms with van der Waals surface area (Å²) in [5.74, 6) is 0.868. The Balaban J connectivity index is 1.95. The zero-order valence-corrected chi connectivity index (χ0v) is 13.0. The standard InChI is InChI=1S/C15H17N3O2S/c1-10(2)14-17-18-15(21-14)16-13(19)9-6-11-4-7-12(20-3)8-5-11/h4-10H,1-3H3,(H,16,18,19). The highest BCUT2D eigenvalue weighted by atomic mass is 32.1. The molecule has 5 nitrogen and oxygen atoms in total. The lowest BCUT2D eigenvalue weighted by Gasteiger charge is -1.99. The van der Waals surface area contributed by atoms with Crippen LogP contribution in [0.3, 0.4) is 0 Å². The van der Waals surface area contributed by atoms with E-state index in [4.69, 9.17) is 4.74 Å². The fraction of sp³-hybridized carbons (Fsp3) is 0.267. The molecule has 2 rings (SSSR count). The normalized spacial score (nSPS) is 11.0. The highest BCUT2D eigenvalue weighted by Gasteiger charge is 2.08. The van der Waals surface area contributed by atoms with Crippen LogP contribution in [-0.2, 0) is 4.79 Å². The molecule has 0 radical (unpaired) electrons. The molecule has 0 bridgehead atoms. The minimum atomic E-state index is -0.225. The average Bonchev–Trinajstić information content (AvgIpc) is 2.94. The zero-order valence-electron chi connectivity index (χ0n) is 12.2. The van der Waals surface area contributed by atoms with Gasteiger partial charge in [-0.25, -0.2) is 0 Å². The van der Waals surface area contributed by atoms with Crippen molar-refractivity contribution in [1.82, 2.24) is 10.2 Å². The van der Waals surface area contributed by atoms with Gasteiger partial charge in [-0.15, -0.1) is 10.2 Å². The van der Waals surface area contributed by atoms with E-state index >= 15 is 0 Å². The molecule has 1 amide bonds. The Morgan fingerprint density at radius 2 is 2.00 bits per heavy atom. The molecule has 1 aromatic heterocycles. The average molecular weight is 303 g/mol. The summed E-state index contributed by atoms with van der Waals surface area (Å²) in [4.78, 5) is 11.8. The largest absolute Gasteiger partial charge is 0.497 e. The van der Waals surface area contributed by atoms with E-state index < -0.39 is 0 Å². The number of aromatic nitrogens is 2. The second kappa shape index (κ2) is 6.99. The van der Waals surface area contributed by atoms with E-state index in [1.54, 1.807) is 13.2 Å². The minimum Gasteiger partial charge on any atom is -0.497 e. The second-order valence-corrected chi connectivity index (χ2v) is 5.70. The Labute approximate surface area is 127 Å². The highest BCUT2D eigenvalue weighted by molar-refractivity contribution is 7.15. The third-order valence-corrected chi connectivity index (χ3v) is 3.85. The molecule has 21 heavy (non-hydrogen) atoms. The lowest BCUT2D eigenvalue weighted by atomic mass is 10.2. The third-order valence-electron chi connectivity index (χ3n) is 2.71. The topological polar surface area (TPSA) is 64.1 Å². The first-order valence-corrected chi connectivity index (χ1v) is 7.36. The van der Waals surface area contributed by atoms with Crippen LogP contribution in [-0.4, -0.2) is 23.2 Å². The van der Waals surface area contributed by atoms with Crippen molar-refractivity contribution in [2.75, 3.05) is 12.4 Å². The summed E-state index contributed by atoms with van der Waals surface area (Å²) in [7, 11) is 1.62. The van der Waals surface area contributed by atoms with Gasteiger partial charge in [0.15, 0.2) is 0 Å². The van der Waals surface area contributed by atoms with Gasteiger partial charge in [0, 0.05) is 12.0 Å². The molecule has 1 heterocycles. The Kier molecular flexibility index (Phi) is 5.05. The Hall–Kier alpha value is -2.21. The van der Waals surface area contributed by atoms with Crippen LogP contribution in [0.25, 0.3) is 6.08 Å². The van der Waals surface area contributed by atoms with Crippen LogP contribution in [0.5, 0.6) is 5.75 Å². The van der Waals surface area contributed by atoms with Crippen LogP contribution >= 0.6 is 11.3 Å². The fourth-order valence-corrected chi connectivity index (χ4v) is 2.30. The molecule has 0 atom stereocenters.